The van der Waals surface area contributed by atoms with E-state index in [4.69, 9.17) is 0 Å². The monoisotopic (exact) mass is 450 g/mol. The molecule has 0 bridgehead atoms. The van der Waals surface area contributed by atoms with Crippen LogP contribution in [0.15, 0.2) is 77.7 Å². The van der Waals surface area contributed by atoms with Crippen molar-refractivity contribution in [3.05, 3.63) is 95.1 Å². The second kappa shape index (κ2) is 10.0. The van der Waals surface area contributed by atoms with Gasteiger partial charge in [0.15, 0.2) is 0 Å². The van der Waals surface area contributed by atoms with Crippen molar-refractivity contribution >= 4 is 21.6 Å². The Hall–Kier alpha value is -3.12. The van der Waals surface area contributed by atoms with E-state index in [1.54, 1.807) is 42.5 Å². The van der Waals surface area contributed by atoms with Gasteiger partial charge in [-0.05, 0) is 67.6 Å². The fourth-order valence-electron chi connectivity index (χ4n) is 3.57. The van der Waals surface area contributed by atoms with E-state index in [0.717, 1.165) is 23.1 Å². The number of carbonyl (C=O) groups excluding carboxylic acids is 1. The smallest absolute Gasteiger partial charge is 0.264 e. The molecule has 0 radical (unpaired) electrons. The van der Waals surface area contributed by atoms with Gasteiger partial charge in [-0.1, -0.05) is 61.5 Å². The normalized spacial score (nSPS) is 12.2. The van der Waals surface area contributed by atoms with E-state index in [-0.39, 0.29) is 23.4 Å². The second-order valence-corrected chi connectivity index (χ2v) is 9.79. The number of rotatable bonds is 8. The van der Waals surface area contributed by atoms with Crippen LogP contribution in [0.1, 0.15) is 42.1 Å². The summed E-state index contributed by atoms with van der Waals surface area (Å²) in [6.45, 7) is 7.48. The van der Waals surface area contributed by atoms with Crippen LogP contribution in [0.3, 0.4) is 0 Å². The van der Waals surface area contributed by atoms with E-state index in [9.17, 15) is 13.2 Å². The van der Waals surface area contributed by atoms with Crippen molar-refractivity contribution in [2.24, 2.45) is 0 Å². The lowest BCUT2D eigenvalue weighted by Gasteiger charge is -2.27. The van der Waals surface area contributed by atoms with E-state index >= 15 is 0 Å². The van der Waals surface area contributed by atoms with Gasteiger partial charge in [-0.3, -0.25) is 9.10 Å². The Morgan fingerprint density at radius 1 is 0.938 bits per heavy atom. The molecule has 5 nitrogen and oxygen atoms in total. The Morgan fingerprint density at radius 2 is 1.59 bits per heavy atom. The molecule has 0 fully saturated rings. The second-order valence-electron chi connectivity index (χ2n) is 7.93. The third-order valence-electron chi connectivity index (χ3n) is 5.73. The van der Waals surface area contributed by atoms with Crippen LogP contribution in [0.5, 0.6) is 0 Å². The molecule has 32 heavy (non-hydrogen) atoms. The van der Waals surface area contributed by atoms with Crippen LogP contribution in [-0.2, 0) is 21.2 Å². The molecule has 0 saturated carbocycles. The zero-order chi connectivity index (χ0) is 23.3. The van der Waals surface area contributed by atoms with Crippen LogP contribution in [0.4, 0.5) is 5.69 Å². The number of hydrogen-bond donors (Lipinski definition) is 1. The lowest BCUT2D eigenvalue weighted by Crippen LogP contribution is -2.42. The summed E-state index contributed by atoms with van der Waals surface area (Å²) in [6, 6.07) is 21.5. The quantitative estimate of drug-likeness (QED) is 0.529. The van der Waals surface area contributed by atoms with Crippen LogP contribution in [0.2, 0.25) is 0 Å². The zero-order valence-corrected chi connectivity index (χ0v) is 19.8. The minimum atomic E-state index is -3.93. The summed E-state index contributed by atoms with van der Waals surface area (Å²) in [7, 11) is -3.93. The Bertz CT molecular complexity index is 1170. The average molecular weight is 451 g/mol. The number of anilines is 1. The molecule has 6 heteroatoms. The molecule has 1 N–H and O–H groups in total. The molecule has 3 aromatic rings. The van der Waals surface area contributed by atoms with Crippen molar-refractivity contribution in [1.29, 1.82) is 0 Å². The van der Waals surface area contributed by atoms with Crippen LogP contribution in [-0.4, -0.2) is 20.9 Å². The van der Waals surface area contributed by atoms with Crippen molar-refractivity contribution in [2.45, 2.75) is 45.1 Å². The third kappa shape index (κ3) is 5.19. The Kier molecular flexibility index (Phi) is 7.36. The largest absolute Gasteiger partial charge is 0.348 e. The summed E-state index contributed by atoms with van der Waals surface area (Å²) in [5, 5.41) is 2.95. The highest BCUT2D eigenvalue weighted by molar-refractivity contribution is 7.92. The molecule has 1 atom stereocenters. The molecular formula is C26H30N2O3S. The molecule has 0 aromatic heterocycles. The number of nitrogens with zero attached hydrogens (tertiary/aromatic N) is 1. The first-order valence-electron chi connectivity index (χ1n) is 10.8. The highest BCUT2D eigenvalue weighted by Gasteiger charge is 2.28. The standard InChI is InChI=1S/C26H30N2O3S/c1-5-22-14-16-23(17-15-22)21(4)27-26(29)18-28(25-13-9-10-19(2)20(25)3)32(30,31)24-11-7-6-8-12-24/h6-17,21H,5,18H2,1-4H3,(H,27,29)/t21-/m0/s1. The maximum absolute atomic E-state index is 13.5. The molecule has 0 unspecified atom stereocenters. The first-order chi connectivity index (χ1) is 15.2. The summed E-state index contributed by atoms with van der Waals surface area (Å²) in [4.78, 5) is 13.1. The molecule has 0 aliphatic carbocycles. The van der Waals surface area contributed by atoms with E-state index in [1.807, 2.05) is 51.1 Å². The maximum Gasteiger partial charge on any atom is 0.264 e. The Balaban J connectivity index is 1.90. The van der Waals surface area contributed by atoms with Crippen molar-refractivity contribution < 1.29 is 13.2 Å². The average Bonchev–Trinajstić information content (AvgIpc) is 2.80. The van der Waals surface area contributed by atoms with Crippen molar-refractivity contribution in [3.63, 3.8) is 0 Å². The topological polar surface area (TPSA) is 66.5 Å². The van der Waals surface area contributed by atoms with Crippen LogP contribution in [0, 0.1) is 13.8 Å². The number of amides is 1. The van der Waals surface area contributed by atoms with Gasteiger partial charge >= 0.3 is 0 Å². The number of sulfonamides is 1. The predicted molar refractivity (Wildman–Crippen MR) is 129 cm³/mol. The Labute approximate surface area is 191 Å². The molecule has 1 amide bonds. The third-order valence-corrected chi connectivity index (χ3v) is 7.50. The number of hydrogen-bond acceptors (Lipinski definition) is 3. The van der Waals surface area contributed by atoms with Crippen molar-refractivity contribution in [1.82, 2.24) is 5.32 Å². The van der Waals surface area contributed by atoms with E-state index in [0.29, 0.717) is 5.69 Å². The molecule has 0 aliphatic heterocycles. The lowest BCUT2D eigenvalue weighted by molar-refractivity contribution is -0.120. The summed E-state index contributed by atoms with van der Waals surface area (Å²) in [5.41, 5.74) is 4.48. The summed E-state index contributed by atoms with van der Waals surface area (Å²) in [6.07, 6.45) is 0.948. The fraction of sp³-hybridized carbons (Fsp3) is 0.269. The maximum atomic E-state index is 13.5. The Morgan fingerprint density at radius 3 is 2.22 bits per heavy atom. The zero-order valence-electron chi connectivity index (χ0n) is 19.0. The van der Waals surface area contributed by atoms with Gasteiger partial charge in [0, 0.05) is 0 Å². The minimum Gasteiger partial charge on any atom is -0.348 e. The summed E-state index contributed by atoms with van der Waals surface area (Å²) in [5.74, 6) is -0.363. The molecule has 0 saturated heterocycles. The van der Waals surface area contributed by atoms with Gasteiger partial charge in [0.1, 0.15) is 6.54 Å². The highest BCUT2D eigenvalue weighted by atomic mass is 32.2. The van der Waals surface area contributed by atoms with Gasteiger partial charge in [0.05, 0.1) is 16.6 Å². The number of benzene rings is 3. The van der Waals surface area contributed by atoms with Crippen LogP contribution in [0.25, 0.3) is 0 Å². The van der Waals surface area contributed by atoms with Crippen LogP contribution >= 0.6 is 0 Å². The number of carbonyl (C=O) groups is 1. The van der Waals surface area contributed by atoms with Gasteiger partial charge in [0.2, 0.25) is 5.91 Å². The van der Waals surface area contributed by atoms with Gasteiger partial charge < -0.3 is 5.32 Å². The van der Waals surface area contributed by atoms with E-state index in [2.05, 4.69) is 12.2 Å². The highest BCUT2D eigenvalue weighted by Crippen LogP contribution is 2.28. The summed E-state index contributed by atoms with van der Waals surface area (Å²) < 4.78 is 28.2. The molecule has 168 valence electrons. The van der Waals surface area contributed by atoms with E-state index < -0.39 is 10.0 Å². The lowest BCUT2D eigenvalue weighted by atomic mass is 10.0. The summed E-state index contributed by atoms with van der Waals surface area (Å²) >= 11 is 0. The minimum absolute atomic E-state index is 0.150. The van der Waals surface area contributed by atoms with Gasteiger partial charge in [-0.15, -0.1) is 0 Å². The SMILES string of the molecule is CCc1ccc([C@H](C)NC(=O)CN(c2cccc(C)c2C)S(=O)(=O)c2ccccc2)cc1. The number of nitrogens with one attached hydrogen (secondary N) is 1. The van der Waals surface area contributed by atoms with E-state index in [1.165, 1.54) is 9.87 Å². The number of aryl methyl sites for hydroxylation is 2. The first kappa shape index (κ1) is 23.5. The molecule has 0 heterocycles. The van der Waals surface area contributed by atoms with Gasteiger partial charge in [0.25, 0.3) is 10.0 Å². The van der Waals surface area contributed by atoms with Gasteiger partial charge in [-0.2, -0.15) is 0 Å². The predicted octanol–water partition coefficient (Wildman–Crippen LogP) is 4.94. The molecule has 0 aliphatic rings. The molecule has 0 spiro atoms. The van der Waals surface area contributed by atoms with Crippen molar-refractivity contribution in [2.75, 3.05) is 10.8 Å². The van der Waals surface area contributed by atoms with Crippen molar-refractivity contribution in [3.8, 4) is 0 Å². The molecular weight excluding hydrogens is 420 g/mol. The molecule has 3 aromatic carbocycles. The van der Waals surface area contributed by atoms with Gasteiger partial charge in [-0.25, -0.2) is 8.42 Å². The molecule has 3 rings (SSSR count). The van der Waals surface area contributed by atoms with Crippen LogP contribution < -0.4 is 9.62 Å². The fourth-order valence-corrected chi connectivity index (χ4v) is 5.07. The first-order valence-corrected chi connectivity index (χ1v) is 12.2.